The summed E-state index contributed by atoms with van der Waals surface area (Å²) in [6.07, 6.45) is 1.71. The van der Waals surface area contributed by atoms with Gasteiger partial charge in [0.25, 0.3) is 0 Å². The third-order valence-corrected chi connectivity index (χ3v) is 2.80. The molecule has 1 atom stereocenters. The highest BCUT2D eigenvalue weighted by Gasteiger charge is 2.26. The monoisotopic (exact) mass is 282 g/mol. The molecule has 0 aromatic carbocycles. The standard InChI is InChI=1S/C11H26N2O6/c1-9(2)5-6-11(3,4)7-10(19-13(16)17)8-18-12(14)15/h9-10,14-17H,5-8H2,1-4H3. The van der Waals surface area contributed by atoms with Crippen LogP contribution in [0.5, 0.6) is 0 Å². The predicted molar refractivity (Wildman–Crippen MR) is 64.1 cm³/mol. The molecule has 116 valence electrons. The Morgan fingerprint density at radius 2 is 1.63 bits per heavy atom. The predicted octanol–water partition coefficient (Wildman–Crippen LogP) is 2.23. The first-order valence-corrected chi connectivity index (χ1v) is 6.28. The molecular weight excluding hydrogens is 256 g/mol. The van der Waals surface area contributed by atoms with Crippen molar-refractivity contribution in [3.05, 3.63) is 0 Å². The van der Waals surface area contributed by atoms with Crippen molar-refractivity contribution in [1.82, 2.24) is 10.8 Å². The minimum absolute atomic E-state index is 0.107. The summed E-state index contributed by atoms with van der Waals surface area (Å²) in [6.45, 7) is 8.09. The van der Waals surface area contributed by atoms with Gasteiger partial charge >= 0.3 is 0 Å². The first-order chi connectivity index (χ1) is 8.62. The zero-order valence-electron chi connectivity index (χ0n) is 12.0. The lowest BCUT2D eigenvalue weighted by Crippen LogP contribution is -2.34. The Labute approximate surface area is 113 Å². The summed E-state index contributed by atoms with van der Waals surface area (Å²) < 4.78 is 0. The van der Waals surface area contributed by atoms with Gasteiger partial charge in [0.2, 0.25) is 0 Å². The van der Waals surface area contributed by atoms with E-state index >= 15 is 0 Å². The van der Waals surface area contributed by atoms with Crippen molar-refractivity contribution in [3.8, 4) is 0 Å². The third-order valence-electron chi connectivity index (χ3n) is 2.80. The lowest BCUT2D eigenvalue weighted by atomic mass is 9.80. The van der Waals surface area contributed by atoms with E-state index in [1.165, 1.54) is 0 Å². The summed E-state index contributed by atoms with van der Waals surface area (Å²) in [5, 5.41) is 33.5. The zero-order chi connectivity index (χ0) is 15.1. The van der Waals surface area contributed by atoms with Crippen molar-refractivity contribution in [2.45, 2.75) is 53.1 Å². The van der Waals surface area contributed by atoms with Crippen molar-refractivity contribution in [2.24, 2.45) is 11.3 Å². The van der Waals surface area contributed by atoms with Crippen LogP contribution in [0.25, 0.3) is 0 Å². The van der Waals surface area contributed by atoms with E-state index in [-0.39, 0.29) is 12.0 Å². The van der Waals surface area contributed by atoms with E-state index in [1.807, 2.05) is 13.8 Å². The highest BCUT2D eigenvalue weighted by atomic mass is 17.1. The topological polar surface area (TPSA) is 106 Å². The Morgan fingerprint density at radius 3 is 2.05 bits per heavy atom. The van der Waals surface area contributed by atoms with Crippen molar-refractivity contribution in [2.75, 3.05) is 6.61 Å². The zero-order valence-corrected chi connectivity index (χ0v) is 12.0. The van der Waals surface area contributed by atoms with Crippen LogP contribution in [0.3, 0.4) is 0 Å². The van der Waals surface area contributed by atoms with Gasteiger partial charge in [-0.1, -0.05) is 34.1 Å². The molecule has 0 aromatic rings. The molecule has 0 rings (SSSR count). The number of rotatable bonds is 10. The molecule has 8 nitrogen and oxygen atoms in total. The van der Waals surface area contributed by atoms with Crippen LogP contribution in [0.2, 0.25) is 0 Å². The maximum atomic E-state index is 8.68. The van der Waals surface area contributed by atoms with Gasteiger partial charge in [-0.15, -0.1) is 0 Å². The van der Waals surface area contributed by atoms with Gasteiger partial charge < -0.3 is 0 Å². The quantitative estimate of drug-likeness (QED) is 0.452. The molecule has 0 aliphatic rings. The number of nitrogens with zero attached hydrogens (tertiary/aromatic N) is 2. The summed E-state index contributed by atoms with van der Waals surface area (Å²) in [4.78, 5) is 9.16. The van der Waals surface area contributed by atoms with E-state index in [0.29, 0.717) is 12.3 Å². The summed E-state index contributed by atoms with van der Waals surface area (Å²) in [7, 11) is 0. The largest absolute Gasteiger partial charge is 0.266 e. The molecule has 0 heterocycles. The fourth-order valence-corrected chi connectivity index (χ4v) is 1.81. The van der Waals surface area contributed by atoms with Gasteiger partial charge in [0.1, 0.15) is 12.7 Å². The second-order valence-corrected chi connectivity index (χ2v) is 5.83. The number of hydrogen-bond donors (Lipinski definition) is 4. The Morgan fingerprint density at radius 1 is 1.05 bits per heavy atom. The molecule has 0 spiro atoms. The molecule has 0 saturated heterocycles. The van der Waals surface area contributed by atoms with Gasteiger partial charge in [0.05, 0.1) is 10.8 Å². The lowest BCUT2D eigenvalue weighted by molar-refractivity contribution is -0.528. The van der Waals surface area contributed by atoms with E-state index < -0.39 is 16.9 Å². The first-order valence-electron chi connectivity index (χ1n) is 6.28. The van der Waals surface area contributed by atoms with Crippen LogP contribution in [0.4, 0.5) is 0 Å². The molecule has 8 heteroatoms. The maximum absolute atomic E-state index is 8.68. The average Bonchev–Trinajstić information content (AvgIpc) is 2.22. The SMILES string of the molecule is CC(C)CCC(C)(C)CC(CON(O)O)ON(O)O. The molecule has 0 radical (unpaired) electrons. The molecule has 0 aromatic heterocycles. The minimum Gasteiger partial charge on any atom is -0.266 e. The Balaban J connectivity index is 4.34. The summed E-state index contributed by atoms with van der Waals surface area (Å²) in [5.74, 6) is 0.576. The summed E-state index contributed by atoms with van der Waals surface area (Å²) in [5.41, 5.74) is -0.107. The molecule has 1 unspecified atom stereocenters. The van der Waals surface area contributed by atoms with Gasteiger partial charge in [-0.05, 0) is 24.2 Å². The molecule has 4 N–H and O–H groups in total. The van der Waals surface area contributed by atoms with Crippen LogP contribution in [-0.2, 0) is 9.68 Å². The van der Waals surface area contributed by atoms with Gasteiger partial charge in [-0.3, -0.25) is 20.8 Å². The molecule has 0 aliphatic heterocycles. The Kier molecular flexibility index (Phi) is 8.62. The Bertz CT molecular complexity index is 235. The highest BCUT2D eigenvalue weighted by molar-refractivity contribution is 4.74. The summed E-state index contributed by atoms with van der Waals surface area (Å²) >= 11 is 0. The van der Waals surface area contributed by atoms with Crippen LogP contribution < -0.4 is 0 Å². The third kappa shape index (κ3) is 11.2. The maximum Gasteiger partial charge on any atom is 0.110 e. The normalized spacial score (nSPS) is 14.7. The fourth-order valence-electron chi connectivity index (χ4n) is 1.81. The van der Waals surface area contributed by atoms with Crippen LogP contribution >= 0.6 is 0 Å². The molecular formula is C11H26N2O6. The highest BCUT2D eigenvalue weighted by Crippen LogP contribution is 2.31. The second kappa shape index (κ2) is 8.77. The molecule has 0 fully saturated rings. The smallest absolute Gasteiger partial charge is 0.110 e. The van der Waals surface area contributed by atoms with E-state index in [0.717, 1.165) is 12.8 Å². The molecule has 0 amide bonds. The minimum atomic E-state index is -0.723. The molecule has 19 heavy (non-hydrogen) atoms. The van der Waals surface area contributed by atoms with Crippen LogP contribution in [0.1, 0.15) is 47.0 Å². The first kappa shape index (κ1) is 18.7. The van der Waals surface area contributed by atoms with Crippen LogP contribution in [0, 0.1) is 11.3 Å². The van der Waals surface area contributed by atoms with Gasteiger partial charge in [-0.2, -0.15) is 0 Å². The fraction of sp³-hybridized carbons (Fsp3) is 1.00. The van der Waals surface area contributed by atoms with Gasteiger partial charge in [0.15, 0.2) is 0 Å². The molecule has 0 saturated carbocycles. The van der Waals surface area contributed by atoms with E-state index in [1.54, 1.807) is 0 Å². The van der Waals surface area contributed by atoms with Crippen LogP contribution in [-0.4, -0.2) is 44.3 Å². The average molecular weight is 282 g/mol. The lowest BCUT2D eigenvalue weighted by Gasteiger charge is -2.30. The van der Waals surface area contributed by atoms with E-state index in [2.05, 4.69) is 18.7 Å². The number of hydrogen-bond acceptors (Lipinski definition) is 8. The van der Waals surface area contributed by atoms with E-state index in [9.17, 15) is 0 Å². The van der Waals surface area contributed by atoms with Crippen molar-refractivity contribution in [3.63, 3.8) is 0 Å². The van der Waals surface area contributed by atoms with Crippen molar-refractivity contribution in [1.29, 1.82) is 0 Å². The van der Waals surface area contributed by atoms with Crippen molar-refractivity contribution >= 4 is 0 Å². The molecule has 0 aliphatic carbocycles. The second-order valence-electron chi connectivity index (χ2n) is 5.83. The van der Waals surface area contributed by atoms with Gasteiger partial charge in [-0.25, -0.2) is 9.68 Å². The summed E-state index contributed by atoms with van der Waals surface area (Å²) in [6, 6.07) is 0. The van der Waals surface area contributed by atoms with Crippen LogP contribution in [0.15, 0.2) is 0 Å². The van der Waals surface area contributed by atoms with E-state index in [4.69, 9.17) is 25.7 Å². The van der Waals surface area contributed by atoms with Gasteiger partial charge in [0, 0.05) is 0 Å². The molecule has 0 bridgehead atoms. The Hall–Kier alpha value is -0.320. The van der Waals surface area contributed by atoms with Crippen molar-refractivity contribution < 1.29 is 30.5 Å².